The molecule has 2 heterocycles. The van der Waals surface area contributed by atoms with Crippen molar-refractivity contribution in [1.82, 2.24) is 0 Å². The molecular weight excluding hydrogens is 416 g/mol. The van der Waals surface area contributed by atoms with E-state index in [0.717, 1.165) is 24.3 Å². The number of hydrogen-bond donors (Lipinski definition) is 7. The molecule has 4 rings (SSSR count). The van der Waals surface area contributed by atoms with Crippen LogP contribution in [0.4, 0.5) is 0 Å². The second-order valence-electron chi connectivity index (χ2n) is 6.96. The van der Waals surface area contributed by atoms with Crippen LogP contribution in [0.2, 0.25) is 0 Å². The van der Waals surface area contributed by atoms with E-state index in [9.17, 15) is 40.5 Å². The molecule has 2 aromatic carbocycles. The molecule has 1 unspecified atom stereocenters. The number of ether oxygens (including phenoxy) is 2. The van der Waals surface area contributed by atoms with Crippen molar-refractivity contribution in [3.05, 3.63) is 40.6 Å². The van der Waals surface area contributed by atoms with Gasteiger partial charge in [-0.05, 0) is 18.2 Å². The highest BCUT2D eigenvalue weighted by Crippen LogP contribution is 2.39. The van der Waals surface area contributed by atoms with Gasteiger partial charge in [0.25, 0.3) is 0 Å². The number of aliphatic hydroxyl groups is 3. The molecule has 11 nitrogen and oxygen atoms in total. The number of fused-ring (bicyclic) bond motifs is 1. The second-order valence-corrected chi connectivity index (χ2v) is 6.96. The van der Waals surface area contributed by atoms with Crippen molar-refractivity contribution in [2.75, 3.05) is 6.61 Å². The first-order valence-corrected chi connectivity index (χ1v) is 9.05. The summed E-state index contributed by atoms with van der Waals surface area (Å²) >= 11 is 0. The van der Waals surface area contributed by atoms with Gasteiger partial charge in [-0.25, -0.2) is 0 Å². The van der Waals surface area contributed by atoms with E-state index in [2.05, 4.69) is 0 Å². The van der Waals surface area contributed by atoms with Crippen LogP contribution in [0, 0.1) is 0 Å². The van der Waals surface area contributed by atoms with E-state index >= 15 is 0 Å². The van der Waals surface area contributed by atoms with Crippen molar-refractivity contribution in [3.8, 4) is 40.1 Å². The molecule has 11 heteroatoms. The summed E-state index contributed by atoms with van der Waals surface area (Å²) in [5, 5.41) is 68.3. The van der Waals surface area contributed by atoms with Crippen molar-refractivity contribution >= 4 is 11.0 Å². The number of phenols is 4. The molecule has 1 aliphatic heterocycles. The maximum atomic E-state index is 13.1. The summed E-state index contributed by atoms with van der Waals surface area (Å²) in [5.41, 5.74) is -1.04. The molecule has 31 heavy (non-hydrogen) atoms. The van der Waals surface area contributed by atoms with E-state index in [4.69, 9.17) is 13.9 Å². The van der Waals surface area contributed by atoms with Crippen LogP contribution >= 0.6 is 0 Å². The minimum atomic E-state index is -1.62. The summed E-state index contributed by atoms with van der Waals surface area (Å²) in [6.07, 6.45) is -5.86. The minimum Gasteiger partial charge on any atom is -0.508 e. The molecule has 1 aromatic heterocycles. The van der Waals surface area contributed by atoms with Crippen LogP contribution in [-0.2, 0) is 4.74 Å². The largest absolute Gasteiger partial charge is 0.508 e. The van der Waals surface area contributed by atoms with Gasteiger partial charge in [-0.3, -0.25) is 4.79 Å². The number of rotatable bonds is 4. The first kappa shape index (κ1) is 20.8. The first-order chi connectivity index (χ1) is 14.7. The summed E-state index contributed by atoms with van der Waals surface area (Å²) in [7, 11) is 0. The second kappa shape index (κ2) is 7.63. The first-order valence-electron chi connectivity index (χ1n) is 9.05. The molecule has 0 bridgehead atoms. The van der Waals surface area contributed by atoms with Crippen LogP contribution in [-0.4, -0.2) is 67.0 Å². The average molecular weight is 434 g/mol. The van der Waals surface area contributed by atoms with Crippen LogP contribution in [0.1, 0.15) is 0 Å². The van der Waals surface area contributed by atoms with E-state index in [-0.39, 0.29) is 28.0 Å². The molecule has 3 aromatic rings. The van der Waals surface area contributed by atoms with Gasteiger partial charge >= 0.3 is 0 Å². The Morgan fingerprint density at radius 3 is 2.32 bits per heavy atom. The number of phenolic OH excluding ortho intramolecular Hbond substituents is 4. The van der Waals surface area contributed by atoms with Crippen LogP contribution in [0.3, 0.4) is 0 Å². The lowest BCUT2D eigenvalue weighted by Crippen LogP contribution is -2.36. The van der Waals surface area contributed by atoms with E-state index in [1.165, 1.54) is 6.07 Å². The van der Waals surface area contributed by atoms with Gasteiger partial charge in [0.15, 0.2) is 17.3 Å². The maximum Gasteiger partial charge on any atom is 0.239 e. The van der Waals surface area contributed by atoms with Gasteiger partial charge in [-0.2, -0.15) is 0 Å². The quantitative estimate of drug-likeness (QED) is 0.276. The van der Waals surface area contributed by atoms with Crippen molar-refractivity contribution < 1.29 is 49.6 Å². The number of aromatic hydroxyl groups is 4. The Labute approximate surface area is 173 Å². The molecule has 164 valence electrons. The highest BCUT2D eigenvalue weighted by molar-refractivity contribution is 5.88. The third kappa shape index (κ3) is 3.49. The Bertz CT molecular complexity index is 1200. The van der Waals surface area contributed by atoms with Gasteiger partial charge in [0.1, 0.15) is 40.8 Å². The standard InChI is InChI=1S/C20H18O11/c21-6-13-15(26)17(28)20(30-13)31-19-16(27)14-11(25)4-8(22)5-12(14)29-18(19)7-1-2-9(23)10(24)3-7/h1-5,13,15,17,20-26,28H,6H2/t13-,15-,17+,20?/m1/s1. The summed E-state index contributed by atoms with van der Waals surface area (Å²) in [4.78, 5) is 13.1. The smallest absolute Gasteiger partial charge is 0.239 e. The fraction of sp³-hybridized carbons (Fsp3) is 0.250. The predicted molar refractivity (Wildman–Crippen MR) is 103 cm³/mol. The Morgan fingerprint density at radius 1 is 0.935 bits per heavy atom. The van der Waals surface area contributed by atoms with Gasteiger partial charge in [0, 0.05) is 17.7 Å². The van der Waals surface area contributed by atoms with E-state index in [1.807, 2.05) is 0 Å². The van der Waals surface area contributed by atoms with Crippen LogP contribution in [0.25, 0.3) is 22.3 Å². The van der Waals surface area contributed by atoms with Crippen molar-refractivity contribution in [2.45, 2.75) is 24.6 Å². The SMILES string of the molecule is O=c1c(OC2O[C@H](CO)[C@@H](O)[C@@H]2O)c(-c2ccc(O)c(O)c2)oc2cc(O)cc(O)c12. The van der Waals surface area contributed by atoms with Crippen molar-refractivity contribution in [2.24, 2.45) is 0 Å². The van der Waals surface area contributed by atoms with Gasteiger partial charge in [0.2, 0.25) is 17.5 Å². The Hall–Kier alpha value is -3.51. The highest BCUT2D eigenvalue weighted by Gasteiger charge is 2.44. The van der Waals surface area contributed by atoms with Crippen molar-refractivity contribution in [1.29, 1.82) is 0 Å². The molecule has 4 atom stereocenters. The monoisotopic (exact) mass is 434 g/mol. The Kier molecular flexibility index (Phi) is 5.11. The van der Waals surface area contributed by atoms with E-state index in [1.54, 1.807) is 0 Å². The molecule has 0 saturated carbocycles. The summed E-state index contributed by atoms with van der Waals surface area (Å²) in [6, 6.07) is 5.50. The lowest BCUT2D eigenvalue weighted by molar-refractivity contribution is -0.117. The Morgan fingerprint density at radius 2 is 1.68 bits per heavy atom. The summed E-state index contributed by atoms with van der Waals surface area (Å²) in [6.45, 7) is -0.622. The van der Waals surface area contributed by atoms with Crippen molar-refractivity contribution in [3.63, 3.8) is 0 Å². The molecule has 1 saturated heterocycles. The van der Waals surface area contributed by atoms with Gasteiger partial charge in [0.05, 0.1) is 6.61 Å². The van der Waals surface area contributed by atoms with E-state index in [0.29, 0.717) is 0 Å². The minimum absolute atomic E-state index is 0.0684. The molecule has 0 radical (unpaired) electrons. The third-order valence-electron chi connectivity index (χ3n) is 4.89. The zero-order chi connectivity index (χ0) is 22.4. The van der Waals surface area contributed by atoms with Crippen LogP contribution < -0.4 is 10.2 Å². The molecule has 0 amide bonds. The van der Waals surface area contributed by atoms with Gasteiger partial charge < -0.3 is 49.6 Å². The van der Waals surface area contributed by atoms with Gasteiger partial charge in [-0.1, -0.05) is 0 Å². The predicted octanol–water partition coefficient (Wildman–Crippen LogP) is 0.100. The lowest BCUT2D eigenvalue weighted by atomic mass is 10.1. The maximum absolute atomic E-state index is 13.1. The zero-order valence-electron chi connectivity index (χ0n) is 15.7. The number of aliphatic hydroxyl groups excluding tert-OH is 3. The molecular formula is C20H18O11. The fourth-order valence-electron chi connectivity index (χ4n) is 3.31. The van der Waals surface area contributed by atoms with Crippen LogP contribution in [0.15, 0.2) is 39.5 Å². The number of benzene rings is 2. The third-order valence-corrected chi connectivity index (χ3v) is 4.89. The summed E-state index contributed by atoms with van der Waals surface area (Å²) < 4.78 is 16.4. The molecule has 0 aliphatic carbocycles. The fourth-order valence-corrected chi connectivity index (χ4v) is 3.31. The topological polar surface area (TPSA) is 190 Å². The Balaban J connectivity index is 1.92. The van der Waals surface area contributed by atoms with E-state index < -0.39 is 59.6 Å². The molecule has 0 spiro atoms. The summed E-state index contributed by atoms with van der Waals surface area (Å²) in [5.74, 6) is -2.78. The normalized spacial score (nSPS) is 23.3. The van der Waals surface area contributed by atoms with Crippen LogP contribution in [0.5, 0.6) is 28.7 Å². The molecule has 1 fully saturated rings. The highest BCUT2D eigenvalue weighted by atomic mass is 16.7. The molecule has 1 aliphatic rings. The lowest BCUT2D eigenvalue weighted by Gasteiger charge is -2.19. The average Bonchev–Trinajstić information content (AvgIpc) is 2.99. The number of hydrogen-bond acceptors (Lipinski definition) is 11. The van der Waals surface area contributed by atoms with Gasteiger partial charge in [-0.15, -0.1) is 0 Å². The zero-order valence-corrected chi connectivity index (χ0v) is 15.7. The molecule has 7 N–H and O–H groups in total.